The zero-order valence-corrected chi connectivity index (χ0v) is 38.5. The van der Waals surface area contributed by atoms with E-state index in [0.717, 1.165) is 44.8 Å². The first-order valence-corrected chi connectivity index (χ1v) is 23.8. The Kier molecular flexibility index (Phi) is 11.3. The Morgan fingerprint density at radius 3 is 2.44 bits per heavy atom. The zero-order chi connectivity index (χ0) is 44.9. The number of ether oxygens (including phenoxy) is 4. The number of rotatable bonds is 10. The van der Waals surface area contributed by atoms with Crippen LogP contribution in [0.4, 0.5) is 0 Å². The molecular weight excluding hydrogens is 821 g/mol. The number of carbonyl (C=O) groups excluding carboxylic acids is 4. The van der Waals surface area contributed by atoms with Gasteiger partial charge in [0, 0.05) is 73.6 Å². The van der Waals surface area contributed by atoms with Gasteiger partial charge in [0.15, 0.2) is 13.4 Å². The highest BCUT2D eigenvalue weighted by molar-refractivity contribution is 7.99. The normalized spacial score (nSPS) is 39.8. The summed E-state index contributed by atoms with van der Waals surface area (Å²) >= 11 is 1.78. The van der Waals surface area contributed by atoms with E-state index < -0.39 is 69.6 Å². The predicted octanol–water partition coefficient (Wildman–Crippen LogP) is 3.17. The minimum absolute atomic E-state index is 0.0893. The van der Waals surface area contributed by atoms with Crippen LogP contribution >= 0.6 is 11.8 Å². The lowest BCUT2D eigenvalue weighted by Crippen LogP contribution is -2.80. The van der Waals surface area contributed by atoms with Gasteiger partial charge in [-0.15, -0.1) is 11.8 Å². The van der Waals surface area contributed by atoms with Crippen LogP contribution in [0, 0.1) is 28.1 Å². The number of likely N-dealkylation sites (tertiary alicyclic amines) is 1. The maximum absolute atomic E-state index is 15.6. The summed E-state index contributed by atoms with van der Waals surface area (Å²) in [6.07, 6.45) is 9.54. The van der Waals surface area contributed by atoms with Crippen molar-refractivity contribution < 1.29 is 48.3 Å². The lowest BCUT2D eigenvalue weighted by atomic mass is 9.46. The SMILES string of the molecule is CCSc1ccc2c(c1)C1=C(B2)[C@@](C(=O)OC)(C2C=C3C(=CC2OC)N(C=O)[C@H]2[C@@](O)(C(=O)OC)[C@H](OC(C)=O)[C@]4(CC)C=CCN5CC[C@]32[C@@H]54)C[C@@H]2CN(CC1)C[C@](O)(CC)C2. The Balaban J connectivity index is 1.33. The van der Waals surface area contributed by atoms with Crippen molar-refractivity contribution in [3.8, 4) is 0 Å². The Morgan fingerprint density at radius 1 is 1.00 bits per heavy atom. The van der Waals surface area contributed by atoms with Crippen molar-refractivity contribution in [2.75, 3.05) is 59.8 Å². The molecular formula is C48H62BN3O10S. The summed E-state index contributed by atoms with van der Waals surface area (Å²) in [6.45, 7) is 10.5. The molecule has 1 spiro atoms. The monoisotopic (exact) mass is 883 g/mol. The largest absolute Gasteiger partial charge is 0.468 e. The van der Waals surface area contributed by atoms with E-state index in [-0.39, 0.29) is 11.9 Å². The predicted molar refractivity (Wildman–Crippen MR) is 239 cm³/mol. The summed E-state index contributed by atoms with van der Waals surface area (Å²) < 4.78 is 24.1. The Hall–Kier alpha value is -3.73. The van der Waals surface area contributed by atoms with Crippen LogP contribution in [-0.4, -0.2) is 152 Å². The molecule has 2 N–H and O–H groups in total. The molecule has 1 aromatic rings. The highest BCUT2D eigenvalue weighted by atomic mass is 32.2. The van der Waals surface area contributed by atoms with Crippen LogP contribution < -0.4 is 5.46 Å². The summed E-state index contributed by atoms with van der Waals surface area (Å²) in [5, 5.41) is 25.5. The number of benzene rings is 1. The minimum Gasteiger partial charge on any atom is -0.468 e. The molecule has 12 atom stereocenters. The van der Waals surface area contributed by atoms with Crippen LogP contribution in [0.15, 0.2) is 64.1 Å². The number of hydrogen-bond donors (Lipinski definition) is 2. The van der Waals surface area contributed by atoms with Crippen LogP contribution in [0.2, 0.25) is 0 Å². The molecule has 8 aliphatic rings. The smallest absolute Gasteiger partial charge is 0.344 e. The molecule has 63 heavy (non-hydrogen) atoms. The number of hydrogen-bond acceptors (Lipinski definition) is 13. The molecule has 3 unspecified atom stereocenters. The van der Waals surface area contributed by atoms with Gasteiger partial charge < -0.3 is 34.1 Å². The lowest BCUT2D eigenvalue weighted by Gasteiger charge is -2.63. The third-order valence-electron chi connectivity index (χ3n) is 16.6. The first-order chi connectivity index (χ1) is 30.2. The first kappa shape index (κ1) is 44.5. The van der Waals surface area contributed by atoms with Crippen molar-refractivity contribution >= 4 is 54.4 Å². The summed E-state index contributed by atoms with van der Waals surface area (Å²) in [5.74, 6) is -1.90. The topological polar surface area (TPSA) is 155 Å². The van der Waals surface area contributed by atoms with E-state index in [1.165, 1.54) is 26.0 Å². The Morgan fingerprint density at radius 2 is 1.78 bits per heavy atom. The molecule has 4 fully saturated rings. The van der Waals surface area contributed by atoms with Gasteiger partial charge in [0.1, 0.15) is 0 Å². The van der Waals surface area contributed by atoms with E-state index in [1.807, 2.05) is 32.1 Å². The molecule has 9 rings (SSSR count). The van der Waals surface area contributed by atoms with Gasteiger partial charge in [-0.2, -0.15) is 0 Å². The van der Waals surface area contributed by atoms with Gasteiger partial charge in [0.05, 0.1) is 37.4 Å². The standard InChI is InChI=1S/C48H62BN3O10S/c1-8-44(57)23-29-24-47(42(55)60-6,38-31(14-18-50(25-29)26-44)32-20-30(63-10-3)12-13-35(32)49-38)34-21-33-36(22-37(34)59-5)52(27-53)40-46(33)16-19-51-17-11-15-45(9-2,39(46)51)41(62-28(4)54)48(40,58)43(56)61-7/h11-13,15,20-22,27,29,34,37,39-41,49,57-58H,8-10,14,16-19,23-26H2,1-7H3/t29-,34?,37?,39+,40-,41-,44+,45-,46-,47+,48+/m1/s1. The van der Waals surface area contributed by atoms with Gasteiger partial charge in [0.2, 0.25) is 12.0 Å². The Bertz CT molecular complexity index is 2230. The van der Waals surface area contributed by atoms with Gasteiger partial charge in [0.25, 0.3) is 0 Å². The third kappa shape index (κ3) is 6.15. The van der Waals surface area contributed by atoms with Crippen molar-refractivity contribution in [1.29, 1.82) is 0 Å². The van der Waals surface area contributed by atoms with E-state index in [9.17, 15) is 24.6 Å². The second kappa shape index (κ2) is 16.0. The number of nitrogens with zero attached hydrogens (tertiary/aromatic N) is 3. The fourth-order valence-corrected chi connectivity index (χ4v) is 15.2. The summed E-state index contributed by atoms with van der Waals surface area (Å²) in [6, 6.07) is 4.96. The molecule has 2 aliphatic carbocycles. The molecule has 15 heteroatoms. The maximum atomic E-state index is 15.6. The van der Waals surface area contributed by atoms with Crippen molar-refractivity contribution in [2.24, 2.45) is 28.1 Å². The van der Waals surface area contributed by atoms with Gasteiger partial charge in [-0.05, 0) is 91.7 Å². The van der Waals surface area contributed by atoms with Crippen molar-refractivity contribution in [2.45, 2.75) is 107 Å². The van der Waals surface area contributed by atoms with Gasteiger partial charge in [-0.1, -0.05) is 56.0 Å². The van der Waals surface area contributed by atoms with Crippen LogP contribution in [0.1, 0.15) is 71.8 Å². The number of amides is 1. The van der Waals surface area contributed by atoms with Crippen molar-refractivity contribution in [3.05, 3.63) is 64.8 Å². The number of methoxy groups -OCH3 is 3. The van der Waals surface area contributed by atoms with Crippen LogP contribution in [0.5, 0.6) is 0 Å². The summed E-state index contributed by atoms with van der Waals surface area (Å²) in [7, 11) is 4.79. The van der Waals surface area contributed by atoms with E-state index in [4.69, 9.17) is 18.9 Å². The van der Waals surface area contributed by atoms with E-state index in [2.05, 4.69) is 41.0 Å². The summed E-state index contributed by atoms with van der Waals surface area (Å²) in [5.41, 5.74) is -1.26. The van der Waals surface area contributed by atoms with Gasteiger partial charge in [-0.3, -0.25) is 24.2 Å². The maximum Gasteiger partial charge on any atom is 0.344 e. The van der Waals surface area contributed by atoms with Crippen molar-refractivity contribution in [3.63, 3.8) is 0 Å². The number of aliphatic hydroxyl groups is 2. The van der Waals surface area contributed by atoms with E-state index in [0.29, 0.717) is 84.1 Å². The van der Waals surface area contributed by atoms with Gasteiger partial charge in [-0.25, -0.2) is 4.79 Å². The molecule has 0 aromatic heterocycles. The molecule has 338 valence electrons. The molecule has 13 nitrogen and oxygen atoms in total. The zero-order valence-electron chi connectivity index (χ0n) is 37.7. The fraction of sp³-hybridized carbons (Fsp3) is 0.625. The average molecular weight is 884 g/mol. The van der Waals surface area contributed by atoms with Crippen LogP contribution in [-0.2, 0) is 38.1 Å². The molecule has 1 amide bonds. The highest BCUT2D eigenvalue weighted by Gasteiger charge is 2.82. The molecule has 1 aromatic carbocycles. The number of piperidine rings is 1. The average Bonchev–Trinajstić information content (AvgIpc) is 3.95. The van der Waals surface area contributed by atoms with E-state index in [1.54, 1.807) is 18.9 Å². The first-order valence-electron chi connectivity index (χ1n) is 22.8. The fourth-order valence-electron chi connectivity index (χ4n) is 14.5. The number of thioether (sulfide) groups is 1. The van der Waals surface area contributed by atoms with Crippen LogP contribution in [0.25, 0.3) is 5.57 Å². The molecule has 6 heterocycles. The Labute approximate surface area is 375 Å². The van der Waals surface area contributed by atoms with Gasteiger partial charge >= 0.3 is 17.9 Å². The number of fused-ring (bicyclic) bond motifs is 5. The highest BCUT2D eigenvalue weighted by Crippen LogP contribution is 2.70. The van der Waals surface area contributed by atoms with Crippen molar-refractivity contribution in [1.82, 2.24) is 14.7 Å². The molecule has 6 aliphatic heterocycles. The second-order valence-corrected chi connectivity index (χ2v) is 20.7. The molecule has 1 saturated carbocycles. The number of carbonyl (C=O) groups is 4. The molecule has 2 bridgehead atoms. The number of esters is 3. The lowest BCUT2D eigenvalue weighted by molar-refractivity contribution is -0.242. The number of allylic oxidation sites excluding steroid dienone is 1. The second-order valence-electron chi connectivity index (χ2n) is 19.3. The molecule has 3 saturated heterocycles. The van der Waals surface area contributed by atoms with E-state index >= 15 is 4.79 Å². The quantitative estimate of drug-likeness (QED) is 0.0885. The minimum atomic E-state index is -2.51. The summed E-state index contributed by atoms with van der Waals surface area (Å²) in [4.78, 5) is 64.2. The molecule has 0 radical (unpaired) electrons. The van der Waals surface area contributed by atoms with Crippen LogP contribution in [0.3, 0.4) is 0 Å². The third-order valence-corrected chi connectivity index (χ3v) is 17.5.